The highest BCUT2D eigenvalue weighted by Crippen LogP contribution is 2.19. The van der Waals surface area contributed by atoms with Crippen LogP contribution in [0.2, 0.25) is 0 Å². The minimum atomic E-state index is -1.15. The molecule has 8 heteroatoms. The maximum absolute atomic E-state index is 11.9. The van der Waals surface area contributed by atoms with Crippen LogP contribution in [-0.4, -0.2) is 36.2 Å². The fourth-order valence-electron chi connectivity index (χ4n) is 2.20. The summed E-state index contributed by atoms with van der Waals surface area (Å²) in [5.41, 5.74) is 5.03. The topological polar surface area (TPSA) is 117 Å². The molecule has 2 aromatic rings. The minimum Gasteiger partial charge on any atom is -0.496 e. The van der Waals surface area contributed by atoms with Crippen LogP contribution in [0.4, 0.5) is 5.69 Å². The smallest absolute Gasteiger partial charge is 0.339 e. The van der Waals surface area contributed by atoms with Gasteiger partial charge >= 0.3 is 17.8 Å². The fraction of sp³-hybridized carbons (Fsp3) is 0.158. The first kappa shape index (κ1) is 19.6. The van der Waals surface area contributed by atoms with Crippen molar-refractivity contribution in [1.29, 1.82) is 0 Å². The number of ether oxygens (including phenoxy) is 1. The summed E-state index contributed by atoms with van der Waals surface area (Å²) < 4.78 is 4.96. The highest BCUT2D eigenvalue weighted by atomic mass is 16.5. The molecule has 2 aromatic carbocycles. The minimum absolute atomic E-state index is 0.0414. The van der Waals surface area contributed by atoms with Gasteiger partial charge in [0.2, 0.25) is 0 Å². The van der Waals surface area contributed by atoms with Gasteiger partial charge in [-0.15, -0.1) is 0 Å². The van der Waals surface area contributed by atoms with Crippen LogP contribution >= 0.6 is 0 Å². The molecule has 0 saturated carbocycles. The summed E-state index contributed by atoms with van der Waals surface area (Å²) >= 11 is 0. The van der Waals surface area contributed by atoms with Gasteiger partial charge in [-0.1, -0.05) is 6.07 Å². The first-order valence-electron chi connectivity index (χ1n) is 7.94. The van der Waals surface area contributed by atoms with E-state index in [0.29, 0.717) is 11.3 Å². The van der Waals surface area contributed by atoms with Crippen molar-refractivity contribution in [2.75, 3.05) is 12.4 Å². The lowest BCUT2D eigenvalue weighted by Gasteiger charge is -2.07. The summed E-state index contributed by atoms with van der Waals surface area (Å²) in [4.78, 5) is 34.9. The fourth-order valence-corrected chi connectivity index (χ4v) is 2.20. The Kier molecular flexibility index (Phi) is 6.27. The van der Waals surface area contributed by atoms with E-state index >= 15 is 0 Å². The Morgan fingerprint density at radius 1 is 1.04 bits per heavy atom. The zero-order valence-corrected chi connectivity index (χ0v) is 15.1. The second kappa shape index (κ2) is 8.61. The molecule has 0 saturated heterocycles. The third-order valence-electron chi connectivity index (χ3n) is 3.80. The highest BCUT2D eigenvalue weighted by Gasteiger charge is 2.14. The second-order valence-electron chi connectivity index (χ2n) is 5.72. The summed E-state index contributed by atoms with van der Waals surface area (Å²) in [5, 5.41) is 15.3. The zero-order chi connectivity index (χ0) is 20.0. The SMILES string of the molecule is COc1ccc(/C=N\NC(=O)C(=O)Nc2ccc(C)c(C)c2)cc1C(=O)O. The number of benzene rings is 2. The van der Waals surface area contributed by atoms with Gasteiger partial charge in [-0.25, -0.2) is 10.2 Å². The molecule has 0 bridgehead atoms. The molecule has 0 aliphatic carbocycles. The Bertz CT molecular complexity index is 922. The number of carboxylic acid groups (broad SMARTS) is 1. The molecule has 2 rings (SSSR count). The molecular weight excluding hydrogens is 350 g/mol. The van der Waals surface area contributed by atoms with E-state index in [2.05, 4.69) is 15.8 Å². The van der Waals surface area contributed by atoms with Crippen LogP contribution in [0.5, 0.6) is 5.75 Å². The van der Waals surface area contributed by atoms with Gasteiger partial charge in [-0.05, 0) is 60.9 Å². The lowest BCUT2D eigenvalue weighted by Crippen LogP contribution is -2.32. The van der Waals surface area contributed by atoms with Crippen molar-refractivity contribution in [2.24, 2.45) is 5.10 Å². The Hall–Kier alpha value is -3.68. The van der Waals surface area contributed by atoms with Crippen molar-refractivity contribution < 1.29 is 24.2 Å². The summed E-state index contributed by atoms with van der Waals surface area (Å²) in [5.74, 6) is -2.76. The van der Waals surface area contributed by atoms with Crippen LogP contribution < -0.4 is 15.5 Å². The maximum Gasteiger partial charge on any atom is 0.339 e. The van der Waals surface area contributed by atoms with Gasteiger partial charge in [0.25, 0.3) is 0 Å². The molecule has 140 valence electrons. The third-order valence-corrected chi connectivity index (χ3v) is 3.80. The lowest BCUT2D eigenvalue weighted by atomic mass is 10.1. The van der Waals surface area contributed by atoms with Gasteiger partial charge in [0.05, 0.1) is 13.3 Å². The van der Waals surface area contributed by atoms with Crippen molar-refractivity contribution in [3.8, 4) is 5.75 Å². The zero-order valence-electron chi connectivity index (χ0n) is 15.1. The Morgan fingerprint density at radius 2 is 1.78 bits per heavy atom. The molecule has 0 aliphatic heterocycles. The number of hydrogen-bond donors (Lipinski definition) is 3. The van der Waals surface area contributed by atoms with Crippen molar-refractivity contribution in [3.63, 3.8) is 0 Å². The lowest BCUT2D eigenvalue weighted by molar-refractivity contribution is -0.136. The predicted molar refractivity (Wildman–Crippen MR) is 100 cm³/mol. The van der Waals surface area contributed by atoms with E-state index in [4.69, 9.17) is 9.84 Å². The largest absolute Gasteiger partial charge is 0.496 e. The van der Waals surface area contributed by atoms with E-state index < -0.39 is 17.8 Å². The normalized spacial score (nSPS) is 10.5. The summed E-state index contributed by atoms with van der Waals surface area (Å²) in [6.07, 6.45) is 1.23. The third kappa shape index (κ3) is 5.15. The van der Waals surface area contributed by atoms with E-state index in [-0.39, 0.29) is 11.3 Å². The van der Waals surface area contributed by atoms with Gasteiger partial charge < -0.3 is 15.2 Å². The van der Waals surface area contributed by atoms with Gasteiger partial charge in [0.1, 0.15) is 11.3 Å². The first-order chi connectivity index (χ1) is 12.8. The molecule has 8 nitrogen and oxygen atoms in total. The van der Waals surface area contributed by atoms with Crippen molar-refractivity contribution in [3.05, 3.63) is 58.7 Å². The van der Waals surface area contributed by atoms with Crippen molar-refractivity contribution in [1.82, 2.24) is 5.43 Å². The molecule has 2 amide bonds. The molecular formula is C19H19N3O5. The number of hydrogen-bond acceptors (Lipinski definition) is 5. The van der Waals surface area contributed by atoms with Crippen LogP contribution in [0.1, 0.15) is 27.0 Å². The number of aromatic carboxylic acids is 1. The summed E-state index contributed by atoms with van der Waals surface area (Å²) in [7, 11) is 1.36. The molecule has 0 radical (unpaired) electrons. The van der Waals surface area contributed by atoms with Crippen LogP contribution in [0, 0.1) is 13.8 Å². The van der Waals surface area contributed by atoms with Crippen LogP contribution in [0.15, 0.2) is 41.5 Å². The van der Waals surface area contributed by atoms with E-state index in [0.717, 1.165) is 11.1 Å². The number of nitrogens with one attached hydrogen (secondary N) is 2. The number of aryl methyl sites for hydroxylation is 2. The first-order valence-corrected chi connectivity index (χ1v) is 7.94. The second-order valence-corrected chi connectivity index (χ2v) is 5.72. The van der Waals surface area contributed by atoms with E-state index in [1.54, 1.807) is 18.2 Å². The van der Waals surface area contributed by atoms with Crippen molar-refractivity contribution in [2.45, 2.75) is 13.8 Å². The molecule has 0 atom stereocenters. The molecule has 0 unspecified atom stereocenters. The number of carboxylic acids is 1. The van der Waals surface area contributed by atoms with E-state index in [1.807, 2.05) is 19.9 Å². The summed E-state index contributed by atoms with van der Waals surface area (Å²) in [6.45, 7) is 3.84. The van der Waals surface area contributed by atoms with E-state index in [9.17, 15) is 14.4 Å². The number of nitrogens with zero attached hydrogens (tertiary/aromatic N) is 1. The Labute approximate surface area is 155 Å². The summed E-state index contributed by atoms with van der Waals surface area (Å²) in [6, 6.07) is 9.67. The quantitative estimate of drug-likeness (QED) is 0.424. The molecule has 0 fully saturated rings. The molecule has 3 N–H and O–H groups in total. The Morgan fingerprint density at radius 3 is 2.41 bits per heavy atom. The van der Waals surface area contributed by atoms with Gasteiger partial charge in [-0.3, -0.25) is 9.59 Å². The predicted octanol–water partition coefficient (Wildman–Crippen LogP) is 2.10. The molecule has 0 aromatic heterocycles. The molecule has 0 aliphatic rings. The van der Waals surface area contributed by atoms with Crippen molar-refractivity contribution >= 4 is 29.7 Å². The van der Waals surface area contributed by atoms with Gasteiger partial charge in [0, 0.05) is 5.69 Å². The highest BCUT2D eigenvalue weighted by molar-refractivity contribution is 6.39. The van der Waals surface area contributed by atoms with Gasteiger partial charge in [0.15, 0.2) is 0 Å². The number of anilines is 1. The van der Waals surface area contributed by atoms with Crippen LogP contribution in [-0.2, 0) is 9.59 Å². The number of rotatable bonds is 5. The number of amides is 2. The van der Waals surface area contributed by atoms with Crippen LogP contribution in [0.25, 0.3) is 0 Å². The molecule has 0 spiro atoms. The van der Waals surface area contributed by atoms with Crippen LogP contribution in [0.3, 0.4) is 0 Å². The number of carbonyl (C=O) groups excluding carboxylic acids is 2. The molecule has 27 heavy (non-hydrogen) atoms. The van der Waals surface area contributed by atoms with E-state index in [1.165, 1.54) is 25.5 Å². The Balaban J connectivity index is 1.99. The average molecular weight is 369 g/mol. The average Bonchev–Trinajstić information content (AvgIpc) is 2.64. The number of carbonyl (C=O) groups is 3. The monoisotopic (exact) mass is 369 g/mol. The molecule has 0 heterocycles. The number of hydrazone groups is 1. The number of methoxy groups -OCH3 is 1. The standard InChI is InChI=1S/C19H19N3O5/c1-11-4-6-14(8-12(11)2)21-17(23)18(24)22-20-10-13-5-7-16(27-3)15(9-13)19(25)26/h4-10H,1-3H3,(H,21,23)(H,22,24)(H,25,26)/b20-10-. The maximum atomic E-state index is 11.9. The van der Waals surface area contributed by atoms with Gasteiger partial charge in [-0.2, -0.15) is 5.10 Å².